The highest BCUT2D eigenvalue weighted by atomic mass is 16.5. The Morgan fingerprint density at radius 1 is 0.885 bits per heavy atom. The lowest BCUT2D eigenvalue weighted by Gasteiger charge is -2.35. The highest BCUT2D eigenvalue weighted by Gasteiger charge is 2.47. The van der Waals surface area contributed by atoms with E-state index in [4.69, 9.17) is 4.74 Å². The van der Waals surface area contributed by atoms with Gasteiger partial charge in [0.1, 0.15) is 18.1 Å². The number of hydrogen-bond acceptors (Lipinski definition) is 7. The Morgan fingerprint density at radius 2 is 1.54 bits per heavy atom. The standard InChI is InChI=1S/C39H62N6O7/c1-25(2)19-29(20-31(46)40-22-32(47)42-33(36(49)44(7)8)27-15-11-9-12-16-27)41-35(48)30-21-39(5,6)24-45(30)37(50)34(28-17-13-10-14-18-28)43-38(51)52-23-26(3)4/h9,11-12,15-16,25-26,28-30,33-34H,10,13-14,17-24H2,1-8H3,(H,40,46)(H,41,48)(H,42,47)(H,43,51)/t29-,30?,33?,34?/m0/s1. The number of nitrogens with zero attached hydrogens (tertiary/aromatic N) is 2. The van der Waals surface area contributed by atoms with Crippen molar-refractivity contribution in [2.45, 2.75) is 117 Å². The topological polar surface area (TPSA) is 166 Å². The van der Waals surface area contributed by atoms with Crippen LogP contribution in [0.2, 0.25) is 0 Å². The molecule has 2 fully saturated rings. The Morgan fingerprint density at radius 3 is 2.13 bits per heavy atom. The third kappa shape index (κ3) is 13.1. The van der Waals surface area contributed by atoms with Crippen LogP contribution >= 0.6 is 0 Å². The Hall–Kier alpha value is -4.16. The molecule has 1 aromatic rings. The summed E-state index contributed by atoms with van der Waals surface area (Å²) in [5.74, 6) is -1.68. The molecule has 52 heavy (non-hydrogen) atoms. The van der Waals surface area contributed by atoms with Crippen molar-refractivity contribution >= 4 is 35.6 Å². The van der Waals surface area contributed by atoms with Crippen LogP contribution in [0.3, 0.4) is 0 Å². The molecule has 290 valence electrons. The molecule has 13 heteroatoms. The van der Waals surface area contributed by atoms with E-state index >= 15 is 0 Å². The maximum Gasteiger partial charge on any atom is 0.407 e. The fourth-order valence-electron chi connectivity index (χ4n) is 7.11. The molecule has 1 aliphatic heterocycles. The number of ether oxygens (including phenoxy) is 1. The molecule has 1 aliphatic carbocycles. The molecule has 1 aromatic carbocycles. The molecule has 3 rings (SSSR count). The third-order valence-electron chi connectivity index (χ3n) is 9.62. The number of rotatable bonds is 16. The quantitative estimate of drug-likeness (QED) is 0.200. The average molecular weight is 727 g/mol. The van der Waals surface area contributed by atoms with Gasteiger partial charge in [0.25, 0.3) is 0 Å². The minimum absolute atomic E-state index is 0.0566. The van der Waals surface area contributed by atoms with Gasteiger partial charge in [-0.2, -0.15) is 0 Å². The Balaban J connectivity index is 1.69. The van der Waals surface area contributed by atoms with Gasteiger partial charge in [-0.1, -0.05) is 91.1 Å². The molecular weight excluding hydrogens is 664 g/mol. The van der Waals surface area contributed by atoms with Gasteiger partial charge in [0.15, 0.2) is 0 Å². The summed E-state index contributed by atoms with van der Waals surface area (Å²) in [7, 11) is 3.21. The molecule has 1 saturated heterocycles. The SMILES string of the molecule is CC(C)COC(=O)NC(C(=O)N1CC(C)(C)CC1C(=O)N[C@H](CC(=O)NCC(=O)NC(C(=O)N(C)C)c1ccccc1)CC(C)C)C1CCCCC1. The van der Waals surface area contributed by atoms with Gasteiger partial charge in [0, 0.05) is 33.1 Å². The van der Waals surface area contributed by atoms with E-state index in [9.17, 15) is 28.8 Å². The summed E-state index contributed by atoms with van der Waals surface area (Å²) < 4.78 is 5.39. The summed E-state index contributed by atoms with van der Waals surface area (Å²) in [6.07, 6.45) is 4.84. The van der Waals surface area contributed by atoms with Crippen molar-refractivity contribution in [2.75, 3.05) is 33.8 Å². The van der Waals surface area contributed by atoms with Crippen LogP contribution in [0.4, 0.5) is 4.79 Å². The zero-order chi connectivity index (χ0) is 38.6. The van der Waals surface area contributed by atoms with Gasteiger partial charge < -0.3 is 35.8 Å². The molecule has 2 aliphatic rings. The van der Waals surface area contributed by atoms with E-state index in [1.165, 1.54) is 4.90 Å². The Bertz CT molecular complexity index is 1380. The van der Waals surface area contributed by atoms with E-state index in [0.29, 0.717) is 24.9 Å². The second-order valence-corrected chi connectivity index (χ2v) is 16.3. The van der Waals surface area contributed by atoms with Crippen LogP contribution in [0.1, 0.15) is 105 Å². The van der Waals surface area contributed by atoms with Crippen molar-refractivity contribution in [3.8, 4) is 0 Å². The first-order valence-electron chi connectivity index (χ1n) is 18.8. The second-order valence-electron chi connectivity index (χ2n) is 16.3. The number of benzene rings is 1. The molecule has 0 spiro atoms. The zero-order valence-electron chi connectivity index (χ0n) is 32.5. The molecule has 0 bridgehead atoms. The van der Waals surface area contributed by atoms with E-state index in [1.54, 1.807) is 43.3 Å². The monoisotopic (exact) mass is 726 g/mol. The minimum atomic E-state index is -0.909. The number of hydrogen-bond donors (Lipinski definition) is 4. The van der Waals surface area contributed by atoms with Gasteiger partial charge >= 0.3 is 6.09 Å². The van der Waals surface area contributed by atoms with Crippen LogP contribution in [0.15, 0.2) is 30.3 Å². The molecule has 1 saturated carbocycles. The van der Waals surface area contributed by atoms with E-state index in [0.717, 1.165) is 32.1 Å². The highest BCUT2D eigenvalue weighted by Crippen LogP contribution is 2.36. The fourth-order valence-corrected chi connectivity index (χ4v) is 7.11. The molecule has 6 amide bonds. The van der Waals surface area contributed by atoms with Gasteiger partial charge in [-0.15, -0.1) is 0 Å². The number of likely N-dealkylation sites (N-methyl/N-ethyl adjacent to an activating group) is 1. The first kappa shape index (κ1) is 42.3. The minimum Gasteiger partial charge on any atom is -0.449 e. The summed E-state index contributed by atoms with van der Waals surface area (Å²) in [4.78, 5) is 83.0. The summed E-state index contributed by atoms with van der Waals surface area (Å²) >= 11 is 0. The number of carbonyl (C=O) groups is 6. The van der Waals surface area contributed by atoms with Crippen LogP contribution in [-0.4, -0.2) is 97.3 Å². The van der Waals surface area contributed by atoms with Crippen LogP contribution in [0.25, 0.3) is 0 Å². The summed E-state index contributed by atoms with van der Waals surface area (Å²) in [6, 6.07) is 5.82. The fraction of sp³-hybridized carbons (Fsp3) is 0.692. The number of amides is 6. The van der Waals surface area contributed by atoms with Gasteiger partial charge in [0.2, 0.25) is 29.5 Å². The third-order valence-corrected chi connectivity index (χ3v) is 9.62. The predicted molar refractivity (Wildman–Crippen MR) is 199 cm³/mol. The Labute approximate surface area is 309 Å². The van der Waals surface area contributed by atoms with Crippen molar-refractivity contribution in [3.63, 3.8) is 0 Å². The van der Waals surface area contributed by atoms with Crippen molar-refractivity contribution in [2.24, 2.45) is 23.2 Å². The molecule has 0 radical (unpaired) electrons. The van der Waals surface area contributed by atoms with E-state index in [2.05, 4.69) is 21.3 Å². The van der Waals surface area contributed by atoms with Crippen molar-refractivity contribution in [1.29, 1.82) is 0 Å². The van der Waals surface area contributed by atoms with Crippen LogP contribution in [0.5, 0.6) is 0 Å². The number of likely N-dealkylation sites (tertiary alicyclic amines) is 1. The molecule has 1 heterocycles. The summed E-state index contributed by atoms with van der Waals surface area (Å²) in [5.41, 5.74) is 0.270. The lowest BCUT2D eigenvalue weighted by Crippen LogP contribution is -2.57. The first-order chi connectivity index (χ1) is 24.5. The summed E-state index contributed by atoms with van der Waals surface area (Å²) in [6.45, 7) is 12.1. The smallest absolute Gasteiger partial charge is 0.407 e. The normalized spacial score (nSPS) is 19.0. The van der Waals surface area contributed by atoms with Crippen LogP contribution in [-0.2, 0) is 28.7 Å². The summed E-state index contributed by atoms with van der Waals surface area (Å²) in [5, 5.41) is 11.3. The van der Waals surface area contributed by atoms with Gasteiger partial charge in [-0.05, 0) is 54.4 Å². The lowest BCUT2D eigenvalue weighted by molar-refractivity contribution is -0.141. The predicted octanol–water partition coefficient (Wildman–Crippen LogP) is 3.93. The second kappa shape index (κ2) is 19.6. The van der Waals surface area contributed by atoms with Gasteiger partial charge in [-0.25, -0.2) is 4.79 Å². The highest BCUT2D eigenvalue weighted by molar-refractivity contribution is 5.93. The largest absolute Gasteiger partial charge is 0.449 e. The lowest BCUT2D eigenvalue weighted by atomic mass is 9.83. The molecule has 0 aromatic heterocycles. The molecule has 13 nitrogen and oxygen atoms in total. The van der Waals surface area contributed by atoms with E-state index in [-0.39, 0.29) is 60.5 Å². The molecular formula is C39H62N6O7. The zero-order valence-corrected chi connectivity index (χ0v) is 32.5. The maximum atomic E-state index is 14.3. The number of carbonyl (C=O) groups excluding carboxylic acids is 6. The maximum absolute atomic E-state index is 14.3. The van der Waals surface area contributed by atoms with E-state index < -0.39 is 42.1 Å². The van der Waals surface area contributed by atoms with Crippen molar-refractivity contribution in [3.05, 3.63) is 35.9 Å². The number of nitrogens with one attached hydrogen (secondary N) is 4. The van der Waals surface area contributed by atoms with Crippen molar-refractivity contribution in [1.82, 2.24) is 31.1 Å². The Kier molecular flexibility index (Phi) is 15.9. The van der Waals surface area contributed by atoms with E-state index in [1.807, 2.05) is 47.6 Å². The first-order valence-corrected chi connectivity index (χ1v) is 18.8. The van der Waals surface area contributed by atoms with Crippen LogP contribution in [0, 0.1) is 23.2 Å². The molecule has 3 unspecified atom stereocenters. The molecule has 4 atom stereocenters. The van der Waals surface area contributed by atoms with Gasteiger partial charge in [0.05, 0.1) is 13.2 Å². The van der Waals surface area contributed by atoms with Crippen molar-refractivity contribution < 1.29 is 33.5 Å². The van der Waals surface area contributed by atoms with Gasteiger partial charge in [-0.3, -0.25) is 24.0 Å². The average Bonchev–Trinajstić information content (AvgIpc) is 3.42. The molecule has 4 N–H and O–H groups in total. The van der Waals surface area contributed by atoms with Crippen LogP contribution < -0.4 is 21.3 Å². The number of alkyl carbamates (subject to hydrolysis) is 1.